The Kier molecular flexibility index (Phi) is 7.23. The number of benzene rings is 2. The van der Waals surface area contributed by atoms with Crippen molar-refractivity contribution >= 4 is 5.82 Å². The summed E-state index contributed by atoms with van der Waals surface area (Å²) in [5, 5.41) is 12.5. The van der Waals surface area contributed by atoms with Crippen LogP contribution >= 0.6 is 0 Å². The van der Waals surface area contributed by atoms with Gasteiger partial charge in [0.15, 0.2) is 0 Å². The minimum absolute atomic E-state index is 0.177. The van der Waals surface area contributed by atoms with Gasteiger partial charge in [0.1, 0.15) is 35.7 Å². The van der Waals surface area contributed by atoms with Crippen molar-refractivity contribution in [3.8, 4) is 45.9 Å². The van der Waals surface area contributed by atoms with Crippen LogP contribution in [0.5, 0.6) is 5.88 Å². The van der Waals surface area contributed by atoms with Crippen LogP contribution in [-0.2, 0) is 13.1 Å². The van der Waals surface area contributed by atoms with E-state index >= 15 is 4.39 Å². The predicted molar refractivity (Wildman–Crippen MR) is 160 cm³/mol. The highest BCUT2D eigenvalue weighted by Gasteiger charge is 2.28. The van der Waals surface area contributed by atoms with Crippen LogP contribution in [0, 0.1) is 17.1 Å². The van der Waals surface area contributed by atoms with Gasteiger partial charge in [-0.3, -0.25) is 4.90 Å². The van der Waals surface area contributed by atoms with Crippen molar-refractivity contribution in [1.82, 2.24) is 29.4 Å². The molecule has 0 atom stereocenters. The first-order valence-electron chi connectivity index (χ1n) is 14.4. The van der Waals surface area contributed by atoms with Gasteiger partial charge >= 0.3 is 0 Å². The molecule has 0 saturated carbocycles. The number of nitrogens with one attached hydrogen (secondary N) is 1. The van der Waals surface area contributed by atoms with Crippen LogP contribution in [0.3, 0.4) is 0 Å². The Morgan fingerprint density at radius 1 is 0.907 bits per heavy atom. The molecule has 214 valence electrons. The van der Waals surface area contributed by atoms with Gasteiger partial charge in [-0.25, -0.2) is 24.3 Å². The van der Waals surface area contributed by atoms with Gasteiger partial charge in [-0.2, -0.15) is 5.26 Å². The van der Waals surface area contributed by atoms with E-state index in [1.54, 1.807) is 12.3 Å². The van der Waals surface area contributed by atoms with Crippen LogP contribution in [-0.4, -0.2) is 55.1 Å². The van der Waals surface area contributed by atoms with Crippen LogP contribution in [0.25, 0.3) is 33.9 Å². The molecular weight excluding hydrogens is 543 g/mol. The maximum atomic E-state index is 15.1. The molecule has 5 aromatic rings. The van der Waals surface area contributed by atoms with Gasteiger partial charge in [-0.1, -0.05) is 54.6 Å². The number of hydrogen-bond acceptors (Lipinski definition) is 8. The summed E-state index contributed by atoms with van der Waals surface area (Å²) in [7, 11) is 0. The Balaban J connectivity index is 1.11. The van der Waals surface area contributed by atoms with Gasteiger partial charge in [-0.15, -0.1) is 0 Å². The average Bonchev–Trinajstić information content (AvgIpc) is 3.31. The minimum Gasteiger partial charge on any atom is -0.475 e. The average molecular weight is 573 g/mol. The summed E-state index contributed by atoms with van der Waals surface area (Å²) in [5.74, 6) is 1.27. The molecule has 0 aliphatic carbocycles. The summed E-state index contributed by atoms with van der Waals surface area (Å²) in [4.78, 5) is 19.9. The van der Waals surface area contributed by atoms with Gasteiger partial charge in [0, 0.05) is 49.2 Å². The van der Waals surface area contributed by atoms with E-state index in [4.69, 9.17) is 15.0 Å². The fourth-order valence-corrected chi connectivity index (χ4v) is 5.88. The highest BCUT2D eigenvalue weighted by molar-refractivity contribution is 5.83. The van der Waals surface area contributed by atoms with Gasteiger partial charge in [0.25, 0.3) is 0 Å². The normalized spacial score (nSPS) is 15.1. The number of nitriles is 1. The molecule has 0 amide bonds. The molecule has 3 aromatic heterocycles. The molecule has 7 rings (SSSR count). The summed E-state index contributed by atoms with van der Waals surface area (Å²) in [6.07, 6.45) is 5.01. The number of pyridine rings is 1. The number of halogens is 1. The number of hydrogen-bond donors (Lipinski definition) is 1. The number of nitrogens with zero attached hydrogens (tertiary/aromatic N) is 7. The lowest BCUT2D eigenvalue weighted by atomic mass is 10.0. The fraction of sp³-hybridized carbons (Fsp3) is 0.242. The molecule has 43 heavy (non-hydrogen) atoms. The van der Waals surface area contributed by atoms with Crippen molar-refractivity contribution in [3.63, 3.8) is 0 Å². The number of rotatable bonds is 6. The third-order valence-corrected chi connectivity index (χ3v) is 7.99. The largest absolute Gasteiger partial charge is 0.475 e. The highest BCUT2D eigenvalue weighted by Crippen LogP contribution is 2.40. The lowest BCUT2D eigenvalue weighted by molar-refractivity contribution is 0.211. The van der Waals surface area contributed by atoms with E-state index in [2.05, 4.69) is 66.1 Å². The molecule has 2 aromatic carbocycles. The Bertz CT molecular complexity index is 1790. The van der Waals surface area contributed by atoms with Crippen molar-refractivity contribution in [2.45, 2.75) is 32.0 Å². The molecule has 1 saturated heterocycles. The maximum absolute atomic E-state index is 15.1. The molecule has 9 nitrogen and oxygen atoms in total. The van der Waals surface area contributed by atoms with Crippen molar-refractivity contribution < 1.29 is 9.13 Å². The van der Waals surface area contributed by atoms with Gasteiger partial charge in [0.2, 0.25) is 11.7 Å². The molecule has 1 N–H and O–H groups in total. The van der Waals surface area contributed by atoms with Crippen LogP contribution in [0.1, 0.15) is 24.2 Å². The molecule has 2 aliphatic rings. The Morgan fingerprint density at radius 3 is 2.49 bits per heavy atom. The maximum Gasteiger partial charge on any atom is 0.234 e. The topological polar surface area (TPSA) is 105 Å². The standard InChI is InChI=1S/C33H29FN8O/c34-26-10-14-37-33-29(26)32-40-30(31(42(32)18-19-43-33)24-4-2-1-3-5-24)23-8-6-22(7-9-23)21-41-16-12-25(13-17-41)38-27-11-15-36-28(20-35)39-27/h1-11,14-15,25H,12-13,16-19,21H2,(H,36,38,39). The van der Waals surface area contributed by atoms with Gasteiger partial charge < -0.3 is 14.6 Å². The third kappa shape index (κ3) is 5.43. The lowest BCUT2D eigenvalue weighted by Crippen LogP contribution is -2.38. The number of anilines is 1. The van der Waals surface area contributed by atoms with Crippen LogP contribution < -0.4 is 10.1 Å². The molecule has 0 spiro atoms. The first-order valence-corrected chi connectivity index (χ1v) is 14.4. The zero-order valence-electron chi connectivity index (χ0n) is 23.4. The van der Waals surface area contributed by atoms with Crippen molar-refractivity contribution in [2.24, 2.45) is 0 Å². The molecule has 1 fully saturated rings. The van der Waals surface area contributed by atoms with Crippen molar-refractivity contribution in [3.05, 3.63) is 96.3 Å². The third-order valence-electron chi connectivity index (χ3n) is 7.99. The summed E-state index contributed by atoms with van der Waals surface area (Å²) in [5.41, 5.74) is 5.24. The number of likely N-dealkylation sites (tertiary alicyclic amines) is 1. The van der Waals surface area contributed by atoms with Crippen LogP contribution in [0.2, 0.25) is 0 Å². The summed E-state index contributed by atoms with van der Waals surface area (Å²) < 4.78 is 23.0. The van der Waals surface area contributed by atoms with Crippen molar-refractivity contribution in [2.75, 3.05) is 25.0 Å². The quantitative estimate of drug-likeness (QED) is 0.283. The molecule has 0 radical (unpaired) electrons. The first kappa shape index (κ1) is 26.7. The molecule has 0 unspecified atom stereocenters. The zero-order valence-corrected chi connectivity index (χ0v) is 23.4. The first-order chi connectivity index (χ1) is 21.2. The lowest BCUT2D eigenvalue weighted by Gasteiger charge is -2.32. The van der Waals surface area contributed by atoms with Gasteiger partial charge in [-0.05, 0) is 30.5 Å². The zero-order chi connectivity index (χ0) is 29.2. The Labute approximate surface area is 248 Å². The minimum atomic E-state index is -0.400. The van der Waals surface area contributed by atoms with E-state index in [1.165, 1.54) is 17.8 Å². The van der Waals surface area contributed by atoms with E-state index < -0.39 is 5.82 Å². The number of ether oxygens (including phenoxy) is 1. The summed E-state index contributed by atoms with van der Waals surface area (Å²) in [6.45, 7) is 3.68. The second-order valence-electron chi connectivity index (χ2n) is 10.7. The van der Waals surface area contributed by atoms with E-state index in [9.17, 15) is 0 Å². The summed E-state index contributed by atoms with van der Waals surface area (Å²) in [6, 6.07) is 24.1. The van der Waals surface area contributed by atoms with E-state index in [0.29, 0.717) is 36.4 Å². The van der Waals surface area contributed by atoms with E-state index in [1.807, 2.05) is 24.3 Å². The van der Waals surface area contributed by atoms with E-state index in [-0.39, 0.29) is 11.7 Å². The summed E-state index contributed by atoms with van der Waals surface area (Å²) >= 11 is 0. The molecular formula is C33H29FN8O. The van der Waals surface area contributed by atoms with Crippen LogP contribution in [0.15, 0.2) is 79.1 Å². The number of fused-ring (bicyclic) bond motifs is 3. The number of imidazole rings is 1. The number of piperidine rings is 1. The molecule has 10 heteroatoms. The van der Waals surface area contributed by atoms with Gasteiger partial charge in [0.05, 0.1) is 17.9 Å². The highest BCUT2D eigenvalue weighted by atomic mass is 19.1. The fourth-order valence-electron chi connectivity index (χ4n) is 5.88. The van der Waals surface area contributed by atoms with Crippen LogP contribution in [0.4, 0.5) is 10.2 Å². The second kappa shape index (κ2) is 11.6. The molecule has 0 bridgehead atoms. The molecule has 2 aliphatic heterocycles. The predicted octanol–water partition coefficient (Wildman–Crippen LogP) is 5.55. The van der Waals surface area contributed by atoms with E-state index in [0.717, 1.165) is 55.0 Å². The SMILES string of the molecule is N#Cc1nccc(NC2CCN(Cc3ccc(-c4nc5n(c4-c4ccccc4)CCOc4nccc(F)c4-5)cc3)CC2)n1. The number of aromatic nitrogens is 5. The smallest absolute Gasteiger partial charge is 0.234 e. The molecule has 5 heterocycles. The second-order valence-corrected chi connectivity index (χ2v) is 10.7. The Hall–Kier alpha value is -5.14. The van der Waals surface area contributed by atoms with Crippen molar-refractivity contribution in [1.29, 1.82) is 5.26 Å². The monoisotopic (exact) mass is 572 g/mol. The Morgan fingerprint density at radius 2 is 1.70 bits per heavy atom.